The quantitative estimate of drug-likeness (QED) is 0.794. The summed E-state index contributed by atoms with van der Waals surface area (Å²) in [5, 5.41) is 0. The maximum Gasteiger partial charge on any atom is 0.0471 e. The molecule has 0 unspecified atom stereocenters. The Kier molecular flexibility index (Phi) is 7.33. The van der Waals surface area contributed by atoms with Crippen molar-refractivity contribution in [2.75, 3.05) is 19.8 Å². The minimum atomic E-state index is 0.697. The molecule has 1 fully saturated rings. The Hall–Kier alpha value is -0.510. The van der Waals surface area contributed by atoms with E-state index in [0.717, 1.165) is 43.9 Å². The number of thiol groups is 1. The van der Waals surface area contributed by atoms with E-state index in [1.54, 1.807) is 0 Å². The van der Waals surface area contributed by atoms with Crippen molar-refractivity contribution in [3.63, 3.8) is 0 Å². The van der Waals surface area contributed by atoms with Gasteiger partial charge in [-0.25, -0.2) is 0 Å². The number of ether oxygens (including phenoxy) is 1. The van der Waals surface area contributed by atoms with E-state index in [0.29, 0.717) is 5.92 Å². The molecule has 0 atom stereocenters. The van der Waals surface area contributed by atoms with Gasteiger partial charge in [-0.3, -0.25) is 0 Å². The van der Waals surface area contributed by atoms with Crippen LogP contribution in [0.1, 0.15) is 37.7 Å². The van der Waals surface area contributed by atoms with Crippen LogP contribution in [0, 0.1) is 0 Å². The SMILES string of the molecule is CCCN.Sc1ccc(C2CCOCC2)cc1. The zero-order chi connectivity index (χ0) is 12.5. The van der Waals surface area contributed by atoms with Gasteiger partial charge < -0.3 is 10.5 Å². The number of benzene rings is 1. The van der Waals surface area contributed by atoms with Gasteiger partial charge in [0.15, 0.2) is 0 Å². The van der Waals surface area contributed by atoms with Crippen molar-refractivity contribution < 1.29 is 4.74 Å². The van der Waals surface area contributed by atoms with Gasteiger partial charge in [-0.1, -0.05) is 19.1 Å². The normalized spacial score (nSPS) is 16.2. The average molecular weight is 253 g/mol. The van der Waals surface area contributed by atoms with Crippen molar-refractivity contribution in [3.05, 3.63) is 29.8 Å². The van der Waals surface area contributed by atoms with Gasteiger partial charge in [0.25, 0.3) is 0 Å². The van der Waals surface area contributed by atoms with Crippen molar-refractivity contribution >= 4 is 12.6 Å². The van der Waals surface area contributed by atoms with E-state index < -0.39 is 0 Å². The number of hydrogen-bond donors (Lipinski definition) is 2. The molecular weight excluding hydrogens is 230 g/mol. The number of nitrogens with two attached hydrogens (primary N) is 1. The van der Waals surface area contributed by atoms with Crippen LogP contribution in [0.2, 0.25) is 0 Å². The second-order valence-corrected chi connectivity index (χ2v) is 4.78. The molecule has 1 aliphatic rings. The zero-order valence-electron chi connectivity index (χ0n) is 10.6. The summed E-state index contributed by atoms with van der Waals surface area (Å²) in [5.41, 5.74) is 6.46. The topological polar surface area (TPSA) is 35.2 Å². The molecule has 0 aromatic heterocycles. The minimum absolute atomic E-state index is 0.697. The second kappa shape index (κ2) is 8.56. The van der Waals surface area contributed by atoms with Gasteiger partial charge in [-0.15, -0.1) is 12.6 Å². The summed E-state index contributed by atoms with van der Waals surface area (Å²) in [4.78, 5) is 1.04. The van der Waals surface area contributed by atoms with E-state index in [1.165, 1.54) is 5.56 Å². The van der Waals surface area contributed by atoms with E-state index in [4.69, 9.17) is 10.5 Å². The van der Waals surface area contributed by atoms with Crippen molar-refractivity contribution in [3.8, 4) is 0 Å². The molecule has 1 aromatic rings. The maximum atomic E-state index is 5.33. The standard InChI is InChI=1S/C11H14OS.C3H9N/c13-11-3-1-9(2-4-11)10-5-7-12-8-6-10;1-2-3-4/h1-4,10,13H,5-8H2;2-4H2,1H3. The molecule has 0 radical (unpaired) electrons. The molecule has 0 saturated carbocycles. The number of rotatable bonds is 2. The van der Waals surface area contributed by atoms with Crippen molar-refractivity contribution in [2.24, 2.45) is 5.73 Å². The van der Waals surface area contributed by atoms with Crippen LogP contribution < -0.4 is 5.73 Å². The fourth-order valence-corrected chi connectivity index (χ4v) is 1.93. The summed E-state index contributed by atoms with van der Waals surface area (Å²) in [5.74, 6) is 0.697. The van der Waals surface area contributed by atoms with Crippen molar-refractivity contribution in [1.29, 1.82) is 0 Å². The van der Waals surface area contributed by atoms with Crippen LogP contribution in [-0.2, 0) is 4.74 Å². The molecule has 1 heterocycles. The summed E-state index contributed by atoms with van der Waals surface area (Å²) < 4.78 is 5.33. The Morgan fingerprint density at radius 3 is 2.24 bits per heavy atom. The van der Waals surface area contributed by atoms with Crippen LogP contribution in [-0.4, -0.2) is 19.8 Å². The fraction of sp³-hybridized carbons (Fsp3) is 0.571. The first kappa shape index (κ1) is 14.6. The summed E-state index contributed by atoms with van der Waals surface area (Å²) >= 11 is 4.27. The lowest BCUT2D eigenvalue weighted by Crippen LogP contribution is -2.13. The molecule has 1 saturated heterocycles. The number of hydrogen-bond acceptors (Lipinski definition) is 3. The molecular formula is C14H23NOS. The largest absolute Gasteiger partial charge is 0.381 e. The van der Waals surface area contributed by atoms with Crippen LogP contribution >= 0.6 is 12.6 Å². The zero-order valence-corrected chi connectivity index (χ0v) is 11.5. The van der Waals surface area contributed by atoms with Gasteiger partial charge in [-0.05, 0) is 49.4 Å². The van der Waals surface area contributed by atoms with Gasteiger partial charge in [0.05, 0.1) is 0 Å². The molecule has 0 amide bonds. The summed E-state index contributed by atoms with van der Waals surface area (Å²) in [6, 6.07) is 8.48. The van der Waals surface area contributed by atoms with Crippen LogP contribution in [0.15, 0.2) is 29.2 Å². The van der Waals surface area contributed by atoms with Crippen molar-refractivity contribution in [1.82, 2.24) is 0 Å². The molecule has 96 valence electrons. The highest BCUT2D eigenvalue weighted by molar-refractivity contribution is 7.80. The smallest absolute Gasteiger partial charge is 0.0471 e. The average Bonchev–Trinajstić information content (AvgIpc) is 2.41. The van der Waals surface area contributed by atoms with Gasteiger partial charge >= 0.3 is 0 Å². The molecule has 17 heavy (non-hydrogen) atoms. The molecule has 1 aromatic carbocycles. The Balaban J connectivity index is 0.000000317. The third-order valence-electron chi connectivity index (χ3n) is 2.87. The summed E-state index contributed by atoms with van der Waals surface area (Å²) in [6.45, 7) is 4.70. The monoisotopic (exact) mass is 253 g/mol. The molecule has 3 heteroatoms. The minimum Gasteiger partial charge on any atom is -0.381 e. The molecule has 0 spiro atoms. The molecule has 0 aliphatic carbocycles. The van der Waals surface area contributed by atoms with Crippen LogP contribution in [0.3, 0.4) is 0 Å². The van der Waals surface area contributed by atoms with E-state index in [2.05, 4.69) is 43.8 Å². The van der Waals surface area contributed by atoms with Gasteiger partial charge in [0, 0.05) is 18.1 Å². The predicted molar refractivity (Wildman–Crippen MR) is 75.8 cm³/mol. The first-order valence-electron chi connectivity index (χ1n) is 6.34. The molecule has 0 bridgehead atoms. The fourth-order valence-electron chi connectivity index (χ4n) is 1.78. The Morgan fingerprint density at radius 2 is 1.76 bits per heavy atom. The third-order valence-corrected chi connectivity index (χ3v) is 3.17. The first-order valence-corrected chi connectivity index (χ1v) is 6.79. The van der Waals surface area contributed by atoms with Crippen LogP contribution in [0.25, 0.3) is 0 Å². The van der Waals surface area contributed by atoms with Gasteiger partial charge in [0.2, 0.25) is 0 Å². The van der Waals surface area contributed by atoms with E-state index >= 15 is 0 Å². The van der Waals surface area contributed by atoms with E-state index in [9.17, 15) is 0 Å². The molecule has 2 rings (SSSR count). The van der Waals surface area contributed by atoms with E-state index in [-0.39, 0.29) is 0 Å². The molecule has 1 aliphatic heterocycles. The predicted octanol–water partition coefficient (Wildman–Crippen LogP) is 3.22. The maximum absolute atomic E-state index is 5.33. The Labute approximate surface area is 110 Å². The lowest BCUT2D eigenvalue weighted by atomic mass is 9.92. The van der Waals surface area contributed by atoms with Crippen LogP contribution in [0.5, 0.6) is 0 Å². The molecule has 2 N–H and O–H groups in total. The summed E-state index contributed by atoms with van der Waals surface area (Å²) in [6.07, 6.45) is 3.41. The first-order chi connectivity index (χ1) is 8.27. The van der Waals surface area contributed by atoms with Gasteiger partial charge in [0.1, 0.15) is 0 Å². The van der Waals surface area contributed by atoms with Crippen LogP contribution in [0.4, 0.5) is 0 Å². The second-order valence-electron chi connectivity index (χ2n) is 4.27. The lowest BCUT2D eigenvalue weighted by Gasteiger charge is -2.22. The van der Waals surface area contributed by atoms with E-state index in [1.807, 2.05) is 0 Å². The highest BCUT2D eigenvalue weighted by Crippen LogP contribution is 2.27. The lowest BCUT2D eigenvalue weighted by molar-refractivity contribution is 0.0853. The highest BCUT2D eigenvalue weighted by atomic mass is 32.1. The third kappa shape index (κ3) is 5.57. The van der Waals surface area contributed by atoms with Crippen molar-refractivity contribution in [2.45, 2.75) is 37.0 Å². The highest BCUT2D eigenvalue weighted by Gasteiger charge is 2.14. The Bertz CT molecular complexity index is 292. The van der Waals surface area contributed by atoms with Gasteiger partial charge in [-0.2, -0.15) is 0 Å². The molecule has 2 nitrogen and oxygen atoms in total. The summed E-state index contributed by atoms with van der Waals surface area (Å²) in [7, 11) is 0. The Morgan fingerprint density at radius 1 is 1.24 bits per heavy atom.